The lowest BCUT2D eigenvalue weighted by Gasteiger charge is -2.19. The topological polar surface area (TPSA) is 123 Å². The molecule has 0 aliphatic heterocycles. The third-order valence-corrected chi connectivity index (χ3v) is 5.19. The van der Waals surface area contributed by atoms with Crippen molar-refractivity contribution in [3.63, 3.8) is 0 Å². The number of amides is 1. The molecule has 0 radical (unpaired) electrons. The fourth-order valence-electron chi connectivity index (χ4n) is 2.69. The van der Waals surface area contributed by atoms with Crippen LogP contribution in [-0.2, 0) is 17.9 Å². The van der Waals surface area contributed by atoms with Crippen LogP contribution in [0, 0.1) is 12.8 Å². The van der Waals surface area contributed by atoms with Crippen molar-refractivity contribution in [1.29, 1.82) is 0 Å². The Balaban J connectivity index is 0.00000280. The number of nitrogens with zero attached hydrogens (tertiary/aromatic N) is 5. The molecule has 0 unspecified atom stereocenters. The zero-order valence-corrected chi connectivity index (χ0v) is 17.8. The van der Waals surface area contributed by atoms with Crippen molar-refractivity contribution in [1.82, 2.24) is 29.6 Å². The third kappa shape index (κ3) is 4.57. The number of nitrogens with two attached hydrogens (primary N) is 1. The van der Waals surface area contributed by atoms with Gasteiger partial charge in [-0.25, -0.2) is 14.6 Å². The lowest BCUT2D eigenvalue weighted by atomic mass is 10.1. The predicted molar refractivity (Wildman–Crippen MR) is 110 cm³/mol. The highest BCUT2D eigenvalue weighted by molar-refractivity contribution is 7.17. The van der Waals surface area contributed by atoms with Crippen LogP contribution in [0.3, 0.4) is 0 Å². The number of aromatic nitrogens is 5. The molecule has 152 valence electrons. The predicted octanol–water partition coefficient (Wildman–Crippen LogP) is 1.62. The molecule has 11 heteroatoms. The second kappa shape index (κ2) is 8.80. The molecule has 3 rings (SSSR count). The maximum Gasteiger partial charge on any atom is 0.268 e. The first kappa shape index (κ1) is 22.0. The molecular weight excluding hydrogens is 402 g/mol. The molecule has 0 aliphatic rings. The van der Waals surface area contributed by atoms with Gasteiger partial charge in [-0.15, -0.1) is 23.7 Å². The summed E-state index contributed by atoms with van der Waals surface area (Å²) in [6, 6.07) is 1.49. The van der Waals surface area contributed by atoms with Gasteiger partial charge < -0.3 is 15.6 Å². The number of carbonyl (C=O) groups is 1. The van der Waals surface area contributed by atoms with Crippen LogP contribution in [-0.4, -0.2) is 42.6 Å². The summed E-state index contributed by atoms with van der Waals surface area (Å²) in [5, 5.41) is 6.12. The second-order valence-electron chi connectivity index (χ2n) is 6.84. The molecule has 0 aliphatic carbocycles. The van der Waals surface area contributed by atoms with Crippen LogP contribution in [0.2, 0.25) is 0 Å². The molecule has 0 fully saturated rings. The number of carbonyl (C=O) groups excluding carboxylic acids is 1. The van der Waals surface area contributed by atoms with Crippen molar-refractivity contribution >= 4 is 39.9 Å². The number of hydrogen-bond acceptors (Lipinski definition) is 7. The van der Waals surface area contributed by atoms with E-state index in [1.165, 1.54) is 16.2 Å². The minimum absolute atomic E-state index is 0. The van der Waals surface area contributed by atoms with Crippen molar-refractivity contribution in [2.75, 3.05) is 7.05 Å². The van der Waals surface area contributed by atoms with E-state index >= 15 is 0 Å². The average molecular weight is 426 g/mol. The normalized spacial score (nSPS) is 12.2. The third-order valence-electron chi connectivity index (χ3n) is 4.28. The highest BCUT2D eigenvalue weighted by atomic mass is 35.5. The molecule has 1 amide bonds. The van der Waals surface area contributed by atoms with E-state index in [-0.39, 0.29) is 48.9 Å². The van der Waals surface area contributed by atoms with Gasteiger partial charge in [0.1, 0.15) is 28.7 Å². The fraction of sp³-hybridized carbons (Fsp3) is 0.471. The van der Waals surface area contributed by atoms with Crippen LogP contribution in [0.25, 0.3) is 10.2 Å². The van der Waals surface area contributed by atoms with Gasteiger partial charge in [-0.1, -0.05) is 13.8 Å². The molecule has 3 N–H and O–H groups in total. The van der Waals surface area contributed by atoms with E-state index in [0.29, 0.717) is 27.7 Å². The Labute approximate surface area is 172 Å². The number of aryl methyl sites for hydroxylation is 1. The van der Waals surface area contributed by atoms with Crippen LogP contribution < -0.4 is 11.3 Å². The van der Waals surface area contributed by atoms with Crippen LogP contribution >= 0.6 is 23.7 Å². The summed E-state index contributed by atoms with van der Waals surface area (Å²) in [4.78, 5) is 37.7. The summed E-state index contributed by atoms with van der Waals surface area (Å²) in [6.07, 6.45) is 0. The Morgan fingerprint density at radius 1 is 1.39 bits per heavy atom. The maximum absolute atomic E-state index is 12.6. The van der Waals surface area contributed by atoms with Crippen LogP contribution in [0.4, 0.5) is 0 Å². The number of H-pyrrole nitrogens is 1. The zero-order chi connectivity index (χ0) is 19.7. The standard InChI is InChI=1S/C17H23N7O2S.ClH/c1-9(2)14(18)16-19-10(3)22-24(16)8-13(25)23(4)7-12-20-11-5-6-27-15(11)17(26)21-12;/h5-6,9,14H,7-8,18H2,1-4H3,(H,20,21,26);1H/t14-;/m0./s1. The highest BCUT2D eigenvalue weighted by Gasteiger charge is 2.21. The maximum atomic E-state index is 12.6. The molecule has 0 saturated carbocycles. The number of thiophene rings is 1. The molecule has 28 heavy (non-hydrogen) atoms. The molecule has 0 bridgehead atoms. The summed E-state index contributed by atoms with van der Waals surface area (Å²) in [6.45, 7) is 5.98. The van der Waals surface area contributed by atoms with Crippen LogP contribution in [0.15, 0.2) is 16.2 Å². The summed E-state index contributed by atoms with van der Waals surface area (Å²) in [5.74, 6) is 1.61. The Hall–Kier alpha value is -2.30. The van der Waals surface area contributed by atoms with Crippen molar-refractivity contribution in [3.8, 4) is 0 Å². The molecule has 0 saturated heterocycles. The second-order valence-corrected chi connectivity index (χ2v) is 7.76. The SMILES string of the molecule is Cc1nc([C@@H](N)C(C)C)n(CC(=O)N(C)Cc2nc3ccsc3c(=O)[nH]2)n1.Cl. The number of hydrogen-bond donors (Lipinski definition) is 2. The number of likely N-dealkylation sites (N-methyl/N-ethyl adjacent to an activating group) is 1. The Morgan fingerprint density at radius 2 is 2.11 bits per heavy atom. The zero-order valence-electron chi connectivity index (χ0n) is 16.2. The molecule has 3 aromatic rings. The van der Waals surface area contributed by atoms with Gasteiger partial charge in [-0.2, -0.15) is 5.10 Å². The van der Waals surface area contributed by atoms with Crippen molar-refractivity contribution in [2.24, 2.45) is 11.7 Å². The summed E-state index contributed by atoms with van der Waals surface area (Å²) >= 11 is 1.34. The Morgan fingerprint density at radius 3 is 2.79 bits per heavy atom. The van der Waals surface area contributed by atoms with Crippen molar-refractivity contribution in [3.05, 3.63) is 39.3 Å². The van der Waals surface area contributed by atoms with E-state index in [4.69, 9.17) is 5.73 Å². The van der Waals surface area contributed by atoms with Gasteiger partial charge in [-0.3, -0.25) is 9.59 Å². The fourth-order valence-corrected chi connectivity index (χ4v) is 3.42. The first-order valence-electron chi connectivity index (χ1n) is 8.63. The number of nitrogens with one attached hydrogen (secondary N) is 1. The Bertz CT molecular complexity index is 1030. The number of aromatic amines is 1. The van der Waals surface area contributed by atoms with E-state index in [1.54, 1.807) is 24.7 Å². The van der Waals surface area contributed by atoms with E-state index in [9.17, 15) is 9.59 Å². The van der Waals surface area contributed by atoms with Crippen molar-refractivity contribution < 1.29 is 4.79 Å². The lowest BCUT2D eigenvalue weighted by Crippen LogP contribution is -2.33. The molecule has 9 nitrogen and oxygen atoms in total. The van der Waals surface area contributed by atoms with Gasteiger partial charge in [0.25, 0.3) is 5.56 Å². The van der Waals surface area contributed by atoms with Gasteiger partial charge in [0.05, 0.1) is 18.1 Å². The summed E-state index contributed by atoms with van der Waals surface area (Å²) in [5.41, 5.74) is 6.63. The van der Waals surface area contributed by atoms with Crippen LogP contribution in [0.5, 0.6) is 0 Å². The lowest BCUT2D eigenvalue weighted by molar-refractivity contribution is -0.131. The molecule has 3 aromatic heterocycles. The number of halogens is 1. The first-order chi connectivity index (χ1) is 12.8. The Kier molecular flexibility index (Phi) is 6.91. The molecular formula is C17H24ClN7O2S. The molecule has 3 heterocycles. The highest BCUT2D eigenvalue weighted by Crippen LogP contribution is 2.17. The van der Waals surface area contributed by atoms with Gasteiger partial charge >= 0.3 is 0 Å². The monoisotopic (exact) mass is 425 g/mol. The van der Waals surface area contributed by atoms with E-state index in [2.05, 4.69) is 20.1 Å². The molecule has 1 atom stereocenters. The largest absolute Gasteiger partial charge is 0.337 e. The van der Waals surface area contributed by atoms with E-state index in [0.717, 1.165) is 0 Å². The summed E-state index contributed by atoms with van der Waals surface area (Å²) in [7, 11) is 1.66. The first-order valence-corrected chi connectivity index (χ1v) is 9.51. The van der Waals surface area contributed by atoms with Gasteiger partial charge in [0, 0.05) is 7.05 Å². The van der Waals surface area contributed by atoms with Crippen molar-refractivity contribution in [2.45, 2.75) is 39.9 Å². The number of rotatable bonds is 6. The minimum atomic E-state index is -0.302. The smallest absolute Gasteiger partial charge is 0.268 e. The minimum Gasteiger partial charge on any atom is -0.337 e. The van der Waals surface area contributed by atoms with E-state index in [1.807, 2.05) is 19.2 Å². The average Bonchev–Trinajstić information content (AvgIpc) is 3.20. The van der Waals surface area contributed by atoms with Crippen LogP contribution in [0.1, 0.15) is 37.4 Å². The molecule has 0 spiro atoms. The van der Waals surface area contributed by atoms with Gasteiger partial charge in [0.15, 0.2) is 0 Å². The molecule has 0 aromatic carbocycles. The quantitative estimate of drug-likeness (QED) is 0.618. The van der Waals surface area contributed by atoms with Gasteiger partial charge in [0.2, 0.25) is 5.91 Å². The number of fused-ring (bicyclic) bond motifs is 1. The van der Waals surface area contributed by atoms with Gasteiger partial charge in [-0.05, 0) is 24.3 Å². The van der Waals surface area contributed by atoms with E-state index < -0.39 is 0 Å². The summed E-state index contributed by atoms with van der Waals surface area (Å²) < 4.78 is 2.13.